The standard InChI is InChI=1S/C21H30N2O3/c1-21(2,25)12-11-18-9-10-19(26-18)20(24)23-14-6-13-22(15-16-23)17-7-4-3-5-8-17/h9-10,17,25H,3-8,13-16H2,1-2H3. The minimum absolute atomic E-state index is 0.0631. The van der Waals surface area contributed by atoms with Crippen LogP contribution in [0.15, 0.2) is 16.5 Å². The second-order valence-electron chi connectivity index (χ2n) is 7.95. The highest BCUT2D eigenvalue weighted by Crippen LogP contribution is 2.24. The van der Waals surface area contributed by atoms with Crippen molar-refractivity contribution in [2.75, 3.05) is 26.2 Å². The van der Waals surface area contributed by atoms with Gasteiger partial charge in [-0.3, -0.25) is 9.69 Å². The molecule has 1 N–H and O–H groups in total. The molecule has 5 nitrogen and oxygen atoms in total. The molecule has 0 spiro atoms. The van der Waals surface area contributed by atoms with Crippen LogP contribution in [0.2, 0.25) is 0 Å². The predicted molar refractivity (Wildman–Crippen MR) is 101 cm³/mol. The molecular formula is C21H30N2O3. The number of aliphatic hydroxyl groups is 1. The zero-order chi connectivity index (χ0) is 18.6. The van der Waals surface area contributed by atoms with Crippen molar-refractivity contribution >= 4 is 5.91 Å². The monoisotopic (exact) mass is 358 g/mol. The fourth-order valence-electron chi connectivity index (χ4n) is 3.84. The van der Waals surface area contributed by atoms with Crippen LogP contribution < -0.4 is 0 Å². The minimum atomic E-state index is -1.08. The molecule has 0 bridgehead atoms. The topological polar surface area (TPSA) is 56.9 Å². The van der Waals surface area contributed by atoms with E-state index >= 15 is 0 Å². The van der Waals surface area contributed by atoms with Gasteiger partial charge in [0.25, 0.3) is 5.91 Å². The van der Waals surface area contributed by atoms with E-state index in [4.69, 9.17) is 4.42 Å². The molecule has 1 aliphatic carbocycles. The summed E-state index contributed by atoms with van der Waals surface area (Å²) in [5.41, 5.74) is -1.08. The molecular weight excluding hydrogens is 328 g/mol. The molecule has 26 heavy (non-hydrogen) atoms. The first kappa shape index (κ1) is 19.0. The molecule has 1 amide bonds. The van der Waals surface area contributed by atoms with E-state index in [2.05, 4.69) is 16.7 Å². The first-order chi connectivity index (χ1) is 12.4. The Balaban J connectivity index is 1.59. The lowest BCUT2D eigenvalue weighted by molar-refractivity contribution is 0.0723. The smallest absolute Gasteiger partial charge is 0.289 e. The number of hydrogen-bond acceptors (Lipinski definition) is 4. The second-order valence-corrected chi connectivity index (χ2v) is 7.95. The predicted octanol–water partition coefficient (Wildman–Crippen LogP) is 2.88. The Labute approximate surface area is 156 Å². The van der Waals surface area contributed by atoms with E-state index in [0.717, 1.165) is 32.6 Å². The molecule has 1 saturated heterocycles. The Morgan fingerprint density at radius 3 is 2.62 bits per heavy atom. The van der Waals surface area contributed by atoms with Gasteiger partial charge in [0.1, 0.15) is 5.60 Å². The van der Waals surface area contributed by atoms with Crippen molar-refractivity contribution in [3.63, 3.8) is 0 Å². The van der Waals surface area contributed by atoms with Crippen molar-refractivity contribution < 1.29 is 14.3 Å². The lowest BCUT2D eigenvalue weighted by Gasteiger charge is -2.33. The molecule has 0 radical (unpaired) electrons. The molecule has 2 aliphatic rings. The van der Waals surface area contributed by atoms with Crippen molar-refractivity contribution in [2.45, 2.75) is 64.0 Å². The molecule has 5 heteroatoms. The molecule has 1 aliphatic heterocycles. The van der Waals surface area contributed by atoms with E-state index in [-0.39, 0.29) is 5.91 Å². The third kappa shape index (κ3) is 5.12. The molecule has 2 fully saturated rings. The number of carbonyl (C=O) groups is 1. The normalized spacial score (nSPS) is 20.3. The third-order valence-electron chi connectivity index (χ3n) is 5.22. The lowest BCUT2D eigenvalue weighted by Crippen LogP contribution is -2.40. The van der Waals surface area contributed by atoms with Gasteiger partial charge in [-0.15, -0.1) is 0 Å². The number of nitrogens with zero attached hydrogens (tertiary/aromatic N) is 2. The van der Waals surface area contributed by atoms with E-state index in [1.165, 1.54) is 32.1 Å². The highest BCUT2D eigenvalue weighted by molar-refractivity contribution is 5.91. The molecule has 2 heterocycles. The van der Waals surface area contributed by atoms with E-state index in [0.29, 0.717) is 17.6 Å². The average molecular weight is 358 g/mol. The molecule has 142 valence electrons. The fourth-order valence-corrected chi connectivity index (χ4v) is 3.84. The van der Waals surface area contributed by atoms with Crippen LogP contribution in [0.25, 0.3) is 0 Å². The van der Waals surface area contributed by atoms with Crippen molar-refractivity contribution in [1.29, 1.82) is 0 Å². The molecule has 3 rings (SSSR count). The summed E-state index contributed by atoms with van der Waals surface area (Å²) in [6, 6.07) is 4.07. The lowest BCUT2D eigenvalue weighted by atomic mass is 9.94. The van der Waals surface area contributed by atoms with Gasteiger partial charge in [0.05, 0.1) is 0 Å². The third-order valence-corrected chi connectivity index (χ3v) is 5.22. The summed E-state index contributed by atoms with van der Waals surface area (Å²) in [5.74, 6) is 6.16. The Morgan fingerprint density at radius 1 is 1.12 bits per heavy atom. The van der Waals surface area contributed by atoms with Crippen LogP contribution in [0.5, 0.6) is 0 Å². The summed E-state index contributed by atoms with van der Waals surface area (Å²) in [6.07, 6.45) is 7.65. The largest absolute Gasteiger partial charge is 0.443 e. The fraction of sp³-hybridized carbons (Fsp3) is 0.667. The quantitative estimate of drug-likeness (QED) is 0.826. The molecule has 0 aromatic carbocycles. The highest BCUT2D eigenvalue weighted by atomic mass is 16.4. The van der Waals surface area contributed by atoms with Crippen LogP contribution in [0.4, 0.5) is 0 Å². The maximum absolute atomic E-state index is 12.8. The Hall–Kier alpha value is -1.77. The van der Waals surface area contributed by atoms with E-state index in [1.54, 1.807) is 26.0 Å². The van der Waals surface area contributed by atoms with Gasteiger partial charge in [-0.25, -0.2) is 0 Å². The van der Waals surface area contributed by atoms with Gasteiger partial charge in [-0.05, 0) is 51.2 Å². The molecule has 0 unspecified atom stereocenters. The van der Waals surface area contributed by atoms with Gasteiger partial charge in [-0.2, -0.15) is 0 Å². The zero-order valence-corrected chi connectivity index (χ0v) is 16.0. The molecule has 1 aromatic rings. The first-order valence-corrected chi connectivity index (χ1v) is 9.81. The van der Waals surface area contributed by atoms with E-state index in [1.807, 2.05) is 4.90 Å². The van der Waals surface area contributed by atoms with Crippen LogP contribution in [0.3, 0.4) is 0 Å². The van der Waals surface area contributed by atoms with Gasteiger partial charge in [0.2, 0.25) is 0 Å². The summed E-state index contributed by atoms with van der Waals surface area (Å²) in [5, 5.41) is 9.67. The van der Waals surface area contributed by atoms with Crippen molar-refractivity contribution in [2.24, 2.45) is 0 Å². The molecule has 1 aromatic heterocycles. The summed E-state index contributed by atoms with van der Waals surface area (Å²) >= 11 is 0. The second kappa shape index (κ2) is 8.28. The minimum Gasteiger partial charge on any atom is -0.443 e. The van der Waals surface area contributed by atoms with E-state index in [9.17, 15) is 9.90 Å². The maximum Gasteiger partial charge on any atom is 0.289 e. The molecule has 0 atom stereocenters. The van der Waals surface area contributed by atoms with Crippen LogP contribution in [-0.2, 0) is 0 Å². The summed E-state index contributed by atoms with van der Waals surface area (Å²) in [4.78, 5) is 17.2. The Morgan fingerprint density at radius 2 is 1.88 bits per heavy atom. The van der Waals surface area contributed by atoms with Gasteiger partial charge in [-0.1, -0.05) is 25.2 Å². The highest BCUT2D eigenvalue weighted by Gasteiger charge is 2.26. The number of rotatable bonds is 2. The number of amides is 1. The zero-order valence-electron chi connectivity index (χ0n) is 16.0. The van der Waals surface area contributed by atoms with Gasteiger partial charge >= 0.3 is 0 Å². The van der Waals surface area contributed by atoms with Gasteiger partial charge in [0, 0.05) is 32.2 Å². The summed E-state index contributed by atoms with van der Waals surface area (Å²) in [7, 11) is 0. The SMILES string of the molecule is CC(C)(O)C#Cc1ccc(C(=O)N2CCCN(C3CCCCC3)CC2)o1. The van der Waals surface area contributed by atoms with Gasteiger partial charge < -0.3 is 14.4 Å². The van der Waals surface area contributed by atoms with Crippen LogP contribution in [0.1, 0.15) is 68.7 Å². The van der Waals surface area contributed by atoms with Crippen molar-refractivity contribution in [1.82, 2.24) is 9.80 Å². The number of furan rings is 1. The van der Waals surface area contributed by atoms with Crippen LogP contribution in [0, 0.1) is 11.8 Å². The van der Waals surface area contributed by atoms with E-state index < -0.39 is 5.60 Å². The van der Waals surface area contributed by atoms with Crippen molar-refractivity contribution in [3.8, 4) is 11.8 Å². The summed E-state index contributed by atoms with van der Waals surface area (Å²) < 4.78 is 5.59. The average Bonchev–Trinajstić information content (AvgIpc) is 2.96. The maximum atomic E-state index is 12.8. The van der Waals surface area contributed by atoms with Crippen LogP contribution in [-0.4, -0.2) is 58.6 Å². The van der Waals surface area contributed by atoms with Crippen LogP contribution >= 0.6 is 0 Å². The number of carbonyl (C=O) groups excluding carboxylic acids is 1. The Kier molecular flexibility index (Phi) is 6.05. The summed E-state index contributed by atoms with van der Waals surface area (Å²) in [6.45, 7) is 6.78. The van der Waals surface area contributed by atoms with Gasteiger partial charge in [0.15, 0.2) is 11.5 Å². The van der Waals surface area contributed by atoms with Crippen molar-refractivity contribution in [3.05, 3.63) is 23.7 Å². The number of hydrogen-bond donors (Lipinski definition) is 1. The Bertz CT molecular complexity index is 671. The molecule has 1 saturated carbocycles. The first-order valence-electron chi connectivity index (χ1n) is 9.81.